The van der Waals surface area contributed by atoms with E-state index < -0.39 is 0 Å². The van der Waals surface area contributed by atoms with E-state index >= 15 is 0 Å². The normalized spacial score (nSPS) is 19.8. The zero-order valence-corrected chi connectivity index (χ0v) is 10.3. The molecule has 2 rings (SSSR count). The van der Waals surface area contributed by atoms with Crippen LogP contribution in [0.15, 0.2) is 0 Å². The van der Waals surface area contributed by atoms with Crippen molar-refractivity contribution in [3.8, 4) is 0 Å². The Bertz CT molecular complexity index is 381. The molecule has 1 aliphatic rings. The van der Waals surface area contributed by atoms with Gasteiger partial charge in [-0.15, -0.1) is 5.10 Å². The molecule has 0 spiro atoms. The van der Waals surface area contributed by atoms with Gasteiger partial charge in [-0.25, -0.2) is 4.98 Å². The van der Waals surface area contributed by atoms with E-state index in [2.05, 4.69) is 25.8 Å². The first-order valence-electron chi connectivity index (χ1n) is 6.10. The summed E-state index contributed by atoms with van der Waals surface area (Å²) in [5.41, 5.74) is 0. The molecule has 6 nitrogen and oxygen atoms in total. The number of hydrogen-bond acceptors (Lipinski definition) is 4. The predicted molar refractivity (Wildman–Crippen MR) is 63.8 cm³/mol. The molecular weight excluding hydrogens is 218 g/mol. The fourth-order valence-electron chi connectivity index (χ4n) is 1.86. The van der Waals surface area contributed by atoms with Gasteiger partial charge in [0, 0.05) is 18.5 Å². The van der Waals surface area contributed by atoms with Crippen LogP contribution in [0.5, 0.6) is 0 Å². The van der Waals surface area contributed by atoms with Crippen molar-refractivity contribution in [2.45, 2.75) is 38.6 Å². The van der Waals surface area contributed by atoms with E-state index in [-0.39, 0.29) is 17.6 Å². The monoisotopic (exact) mass is 237 g/mol. The second-order valence-corrected chi connectivity index (χ2v) is 4.70. The minimum absolute atomic E-state index is 0.207. The van der Waals surface area contributed by atoms with E-state index in [1.54, 1.807) is 0 Å². The Morgan fingerprint density at radius 3 is 3.00 bits per heavy atom. The second-order valence-electron chi connectivity index (χ2n) is 4.70. The van der Waals surface area contributed by atoms with Gasteiger partial charge in [0.15, 0.2) is 0 Å². The van der Waals surface area contributed by atoms with Crippen LogP contribution in [0.3, 0.4) is 0 Å². The van der Waals surface area contributed by atoms with Crippen LogP contribution in [0, 0.1) is 0 Å². The summed E-state index contributed by atoms with van der Waals surface area (Å²) < 4.78 is 0. The lowest BCUT2D eigenvalue weighted by atomic mass is 10.2. The summed E-state index contributed by atoms with van der Waals surface area (Å²) in [6.07, 6.45) is 2.30. The highest BCUT2D eigenvalue weighted by molar-refractivity contribution is 5.90. The molecule has 0 aliphatic carbocycles. The number of nitrogens with one attached hydrogen (secondary N) is 3. The maximum absolute atomic E-state index is 11.8. The molecule has 0 saturated carbocycles. The van der Waals surface area contributed by atoms with Crippen LogP contribution in [-0.2, 0) is 0 Å². The van der Waals surface area contributed by atoms with Crippen molar-refractivity contribution < 1.29 is 4.79 Å². The van der Waals surface area contributed by atoms with Crippen molar-refractivity contribution in [1.29, 1.82) is 0 Å². The number of aromatic amines is 1. The van der Waals surface area contributed by atoms with Crippen LogP contribution >= 0.6 is 0 Å². The number of nitrogens with zero attached hydrogens (tertiary/aromatic N) is 2. The Morgan fingerprint density at radius 1 is 1.59 bits per heavy atom. The van der Waals surface area contributed by atoms with E-state index in [1.165, 1.54) is 6.42 Å². The van der Waals surface area contributed by atoms with Gasteiger partial charge in [-0.1, -0.05) is 13.8 Å². The Hall–Kier alpha value is -1.43. The van der Waals surface area contributed by atoms with Crippen molar-refractivity contribution in [3.05, 3.63) is 11.6 Å². The lowest BCUT2D eigenvalue weighted by Gasteiger charge is -2.09. The minimum atomic E-state index is -0.207. The fourth-order valence-corrected chi connectivity index (χ4v) is 1.86. The van der Waals surface area contributed by atoms with Gasteiger partial charge in [-0.05, 0) is 19.4 Å². The zero-order chi connectivity index (χ0) is 12.3. The Balaban J connectivity index is 1.85. The van der Waals surface area contributed by atoms with Crippen molar-refractivity contribution in [2.24, 2.45) is 0 Å². The first-order chi connectivity index (χ1) is 8.16. The molecule has 94 valence electrons. The van der Waals surface area contributed by atoms with Crippen molar-refractivity contribution in [3.63, 3.8) is 0 Å². The second kappa shape index (κ2) is 5.27. The van der Waals surface area contributed by atoms with Gasteiger partial charge in [-0.2, -0.15) is 0 Å². The summed E-state index contributed by atoms with van der Waals surface area (Å²) in [6.45, 7) is 5.69. The van der Waals surface area contributed by atoms with Gasteiger partial charge in [-0.3, -0.25) is 9.89 Å². The molecule has 1 fully saturated rings. The zero-order valence-electron chi connectivity index (χ0n) is 10.3. The van der Waals surface area contributed by atoms with Gasteiger partial charge in [0.05, 0.1) is 0 Å². The smallest absolute Gasteiger partial charge is 0.291 e. The molecule has 6 heteroatoms. The van der Waals surface area contributed by atoms with Crippen LogP contribution in [0.2, 0.25) is 0 Å². The largest absolute Gasteiger partial charge is 0.348 e. The van der Waals surface area contributed by atoms with Gasteiger partial charge >= 0.3 is 0 Å². The first kappa shape index (κ1) is 12.0. The van der Waals surface area contributed by atoms with Crippen LogP contribution < -0.4 is 10.6 Å². The molecule has 0 radical (unpaired) electrons. The number of amides is 1. The summed E-state index contributed by atoms with van der Waals surface area (Å²) in [5, 5.41) is 12.9. The third kappa shape index (κ3) is 3.03. The molecule has 1 saturated heterocycles. The van der Waals surface area contributed by atoms with Crippen LogP contribution in [0.25, 0.3) is 0 Å². The Morgan fingerprint density at radius 2 is 2.41 bits per heavy atom. The summed E-state index contributed by atoms with van der Waals surface area (Å²) in [6, 6.07) is 0.391. The summed E-state index contributed by atoms with van der Waals surface area (Å²) >= 11 is 0. The van der Waals surface area contributed by atoms with Gasteiger partial charge < -0.3 is 10.6 Å². The number of carbonyl (C=O) groups excluding carboxylic acids is 1. The van der Waals surface area contributed by atoms with Crippen molar-refractivity contribution >= 4 is 5.91 Å². The van der Waals surface area contributed by atoms with Crippen LogP contribution in [-0.4, -0.2) is 40.2 Å². The molecule has 1 amide bonds. The number of aromatic nitrogens is 3. The topological polar surface area (TPSA) is 82.7 Å². The third-order valence-corrected chi connectivity index (χ3v) is 2.92. The SMILES string of the molecule is CC(C)c1nc(C(=O)NCC2CCCN2)n[nH]1. The fraction of sp³-hybridized carbons (Fsp3) is 0.727. The van der Waals surface area contributed by atoms with Gasteiger partial charge in [0.2, 0.25) is 5.82 Å². The van der Waals surface area contributed by atoms with Crippen LogP contribution in [0.1, 0.15) is 49.1 Å². The highest BCUT2D eigenvalue weighted by Gasteiger charge is 2.17. The predicted octanol–water partition coefficient (Wildman–Crippen LogP) is 0.410. The average molecular weight is 237 g/mol. The molecule has 3 N–H and O–H groups in total. The van der Waals surface area contributed by atoms with E-state index in [0.717, 1.165) is 18.8 Å². The standard InChI is InChI=1S/C11H19N5O/c1-7(2)9-14-10(16-15-9)11(17)13-6-8-4-3-5-12-8/h7-8,12H,3-6H2,1-2H3,(H,13,17)(H,14,15,16). The van der Waals surface area contributed by atoms with E-state index in [4.69, 9.17) is 0 Å². The highest BCUT2D eigenvalue weighted by Crippen LogP contribution is 2.07. The maximum atomic E-state index is 11.8. The van der Waals surface area contributed by atoms with Gasteiger partial charge in [0.1, 0.15) is 5.82 Å². The Labute approximate surface area is 101 Å². The quantitative estimate of drug-likeness (QED) is 0.708. The van der Waals surface area contributed by atoms with E-state index in [9.17, 15) is 4.79 Å². The van der Waals surface area contributed by atoms with Crippen LogP contribution in [0.4, 0.5) is 0 Å². The van der Waals surface area contributed by atoms with Crippen molar-refractivity contribution in [2.75, 3.05) is 13.1 Å². The number of H-pyrrole nitrogens is 1. The first-order valence-corrected chi connectivity index (χ1v) is 6.10. The molecular formula is C11H19N5O. The summed E-state index contributed by atoms with van der Waals surface area (Å²) in [4.78, 5) is 15.9. The van der Waals surface area contributed by atoms with Gasteiger partial charge in [0.25, 0.3) is 5.91 Å². The lowest BCUT2D eigenvalue weighted by Crippen LogP contribution is -2.37. The van der Waals surface area contributed by atoms with E-state index in [0.29, 0.717) is 12.6 Å². The summed E-state index contributed by atoms with van der Waals surface area (Å²) in [5.74, 6) is 1.02. The molecule has 1 aliphatic heterocycles. The highest BCUT2D eigenvalue weighted by atomic mass is 16.2. The molecule has 1 aromatic heterocycles. The molecule has 1 atom stereocenters. The number of carbonyl (C=O) groups is 1. The van der Waals surface area contributed by atoms with E-state index in [1.807, 2.05) is 13.8 Å². The molecule has 1 aromatic rings. The number of rotatable bonds is 4. The molecule has 0 bridgehead atoms. The van der Waals surface area contributed by atoms with Crippen molar-refractivity contribution in [1.82, 2.24) is 25.8 Å². The number of hydrogen-bond donors (Lipinski definition) is 3. The average Bonchev–Trinajstić information content (AvgIpc) is 2.96. The third-order valence-electron chi connectivity index (χ3n) is 2.92. The molecule has 1 unspecified atom stereocenters. The lowest BCUT2D eigenvalue weighted by molar-refractivity contribution is 0.0940. The maximum Gasteiger partial charge on any atom is 0.291 e. The molecule has 17 heavy (non-hydrogen) atoms. The molecule has 2 heterocycles. The minimum Gasteiger partial charge on any atom is -0.348 e. The Kier molecular flexibility index (Phi) is 3.73. The molecule has 0 aromatic carbocycles. The summed E-state index contributed by atoms with van der Waals surface area (Å²) in [7, 11) is 0.